The van der Waals surface area contributed by atoms with Crippen molar-refractivity contribution in [3.63, 3.8) is 0 Å². The van der Waals surface area contributed by atoms with Gasteiger partial charge in [-0.15, -0.1) is 0 Å². The maximum absolute atomic E-state index is 8.73. The molecule has 2 rings (SSSR count). The fraction of sp³-hybridized carbons (Fsp3) is 0.333. The minimum atomic E-state index is 0.0543. The number of nitriles is 1. The van der Waals surface area contributed by atoms with Crippen LogP contribution in [0.4, 0.5) is 5.82 Å². The number of hydrogen-bond donors (Lipinski definition) is 1. The van der Waals surface area contributed by atoms with Crippen molar-refractivity contribution in [1.29, 1.82) is 5.26 Å². The van der Waals surface area contributed by atoms with Crippen LogP contribution in [0.15, 0.2) is 42.6 Å². The van der Waals surface area contributed by atoms with Gasteiger partial charge in [-0.1, -0.05) is 39.0 Å². The Balaban J connectivity index is 1.88. The lowest BCUT2D eigenvalue weighted by Gasteiger charge is -2.22. The molecule has 0 aliphatic rings. The van der Waals surface area contributed by atoms with E-state index in [2.05, 4.69) is 37.1 Å². The molecule has 1 heterocycles. The topological polar surface area (TPSA) is 57.9 Å². The Kier molecular flexibility index (Phi) is 5.00. The number of pyridine rings is 1. The Hall–Kier alpha value is -2.54. The number of ether oxygens (including phenoxy) is 1. The summed E-state index contributed by atoms with van der Waals surface area (Å²) in [5.41, 5.74) is 1.81. The Morgan fingerprint density at radius 2 is 1.95 bits per heavy atom. The Morgan fingerprint density at radius 3 is 2.59 bits per heavy atom. The van der Waals surface area contributed by atoms with Crippen molar-refractivity contribution in [3.05, 3.63) is 53.7 Å². The molecule has 0 saturated carbocycles. The fourth-order valence-electron chi connectivity index (χ4n) is 2.12. The second-order valence-corrected chi connectivity index (χ2v) is 6.07. The second-order valence-electron chi connectivity index (χ2n) is 6.07. The summed E-state index contributed by atoms with van der Waals surface area (Å²) in [5.74, 6) is 1.66. The van der Waals surface area contributed by atoms with Gasteiger partial charge in [0.25, 0.3) is 0 Å². The van der Waals surface area contributed by atoms with Crippen LogP contribution in [0.2, 0.25) is 0 Å². The molecule has 0 atom stereocenters. The highest BCUT2D eigenvalue weighted by molar-refractivity contribution is 5.40. The van der Waals surface area contributed by atoms with Crippen LogP contribution >= 0.6 is 0 Å². The molecule has 0 spiro atoms. The molecular formula is C18H21N3O. The average molecular weight is 295 g/mol. The van der Waals surface area contributed by atoms with E-state index in [0.29, 0.717) is 18.7 Å². The third kappa shape index (κ3) is 4.23. The van der Waals surface area contributed by atoms with E-state index in [4.69, 9.17) is 10.00 Å². The molecule has 1 aromatic carbocycles. The van der Waals surface area contributed by atoms with Crippen molar-refractivity contribution in [2.24, 2.45) is 0 Å². The molecule has 1 aromatic heterocycles. The largest absolute Gasteiger partial charge is 0.491 e. The van der Waals surface area contributed by atoms with Gasteiger partial charge in [0.15, 0.2) is 0 Å². The van der Waals surface area contributed by atoms with E-state index in [1.165, 1.54) is 5.56 Å². The molecule has 22 heavy (non-hydrogen) atoms. The van der Waals surface area contributed by atoms with Gasteiger partial charge in [0.1, 0.15) is 24.2 Å². The monoisotopic (exact) mass is 295 g/mol. The van der Waals surface area contributed by atoms with Crippen LogP contribution < -0.4 is 10.1 Å². The summed E-state index contributed by atoms with van der Waals surface area (Å²) in [7, 11) is 0. The first-order valence-corrected chi connectivity index (χ1v) is 7.33. The molecule has 0 unspecified atom stereocenters. The average Bonchev–Trinajstić information content (AvgIpc) is 2.51. The van der Waals surface area contributed by atoms with E-state index in [1.54, 1.807) is 18.3 Å². The van der Waals surface area contributed by atoms with Crippen molar-refractivity contribution < 1.29 is 4.74 Å². The van der Waals surface area contributed by atoms with Gasteiger partial charge < -0.3 is 10.1 Å². The number of para-hydroxylation sites is 1. The Morgan fingerprint density at radius 1 is 1.18 bits per heavy atom. The van der Waals surface area contributed by atoms with Crippen molar-refractivity contribution in [2.75, 3.05) is 18.5 Å². The minimum Gasteiger partial charge on any atom is -0.491 e. The Bertz CT molecular complexity index is 651. The number of aromatic nitrogens is 1. The zero-order valence-corrected chi connectivity index (χ0v) is 13.3. The maximum Gasteiger partial charge on any atom is 0.126 e. The van der Waals surface area contributed by atoms with E-state index < -0.39 is 0 Å². The van der Waals surface area contributed by atoms with Crippen LogP contribution in [-0.4, -0.2) is 18.1 Å². The number of nitrogens with one attached hydrogen (secondary N) is 1. The third-order valence-corrected chi connectivity index (χ3v) is 3.25. The summed E-state index contributed by atoms with van der Waals surface area (Å²) in [6, 6.07) is 13.7. The van der Waals surface area contributed by atoms with Gasteiger partial charge in [-0.25, -0.2) is 4.98 Å². The first-order valence-electron chi connectivity index (χ1n) is 7.33. The molecule has 1 N–H and O–H groups in total. The SMILES string of the molecule is CC(C)(C)c1ccccc1OCCNc1ccc(C#N)cn1. The van der Waals surface area contributed by atoms with Gasteiger partial charge in [-0.3, -0.25) is 0 Å². The molecule has 114 valence electrons. The summed E-state index contributed by atoms with van der Waals surface area (Å²) in [6.07, 6.45) is 1.55. The predicted molar refractivity (Wildman–Crippen MR) is 88.1 cm³/mol. The third-order valence-electron chi connectivity index (χ3n) is 3.25. The zero-order chi connectivity index (χ0) is 16.0. The van der Waals surface area contributed by atoms with Crippen LogP contribution in [0.5, 0.6) is 5.75 Å². The lowest BCUT2D eigenvalue weighted by atomic mass is 9.86. The molecule has 0 bridgehead atoms. The molecule has 4 nitrogen and oxygen atoms in total. The first-order chi connectivity index (χ1) is 10.5. The van der Waals surface area contributed by atoms with Gasteiger partial charge in [-0.2, -0.15) is 5.26 Å². The van der Waals surface area contributed by atoms with Crippen molar-refractivity contribution in [1.82, 2.24) is 4.98 Å². The van der Waals surface area contributed by atoms with Crippen molar-refractivity contribution in [3.8, 4) is 11.8 Å². The van der Waals surface area contributed by atoms with Crippen LogP contribution in [0.1, 0.15) is 31.9 Å². The number of nitrogens with zero attached hydrogens (tertiary/aromatic N) is 2. The first kappa shape index (κ1) is 15.8. The smallest absolute Gasteiger partial charge is 0.126 e. The van der Waals surface area contributed by atoms with E-state index in [9.17, 15) is 0 Å². The molecule has 0 radical (unpaired) electrons. The van der Waals surface area contributed by atoms with Gasteiger partial charge in [-0.05, 0) is 29.2 Å². The fourth-order valence-corrected chi connectivity index (χ4v) is 2.12. The zero-order valence-electron chi connectivity index (χ0n) is 13.3. The van der Waals surface area contributed by atoms with Crippen LogP contribution in [-0.2, 0) is 5.41 Å². The molecule has 2 aromatic rings. The van der Waals surface area contributed by atoms with Crippen LogP contribution in [0.3, 0.4) is 0 Å². The van der Waals surface area contributed by atoms with E-state index in [1.807, 2.05) is 24.3 Å². The molecule has 0 saturated heterocycles. The van der Waals surface area contributed by atoms with Crippen molar-refractivity contribution >= 4 is 5.82 Å². The summed E-state index contributed by atoms with van der Waals surface area (Å²) >= 11 is 0. The normalized spacial score (nSPS) is 10.8. The predicted octanol–water partition coefficient (Wildman–Crippen LogP) is 3.74. The number of benzene rings is 1. The van der Waals surface area contributed by atoms with E-state index >= 15 is 0 Å². The summed E-state index contributed by atoms with van der Waals surface area (Å²) in [6.45, 7) is 7.72. The molecule has 0 aliphatic heterocycles. The lowest BCUT2D eigenvalue weighted by Crippen LogP contribution is -2.16. The molecule has 0 amide bonds. The standard InChI is InChI=1S/C18H21N3O/c1-18(2,3)15-6-4-5-7-16(15)22-11-10-20-17-9-8-14(12-19)13-21-17/h4-9,13H,10-11H2,1-3H3,(H,20,21). The van der Waals surface area contributed by atoms with Crippen LogP contribution in [0.25, 0.3) is 0 Å². The summed E-state index contributed by atoms with van der Waals surface area (Å²) < 4.78 is 5.89. The molecule has 0 aliphatic carbocycles. The number of anilines is 1. The highest BCUT2D eigenvalue weighted by atomic mass is 16.5. The summed E-state index contributed by atoms with van der Waals surface area (Å²) in [5, 5.41) is 11.9. The van der Waals surface area contributed by atoms with Gasteiger partial charge in [0.05, 0.1) is 12.1 Å². The number of rotatable bonds is 5. The Labute approximate surface area is 131 Å². The van der Waals surface area contributed by atoms with Gasteiger partial charge >= 0.3 is 0 Å². The molecular weight excluding hydrogens is 274 g/mol. The minimum absolute atomic E-state index is 0.0543. The number of hydrogen-bond acceptors (Lipinski definition) is 4. The quantitative estimate of drug-likeness (QED) is 0.854. The van der Waals surface area contributed by atoms with Crippen molar-refractivity contribution in [2.45, 2.75) is 26.2 Å². The van der Waals surface area contributed by atoms with Gasteiger partial charge in [0.2, 0.25) is 0 Å². The maximum atomic E-state index is 8.73. The van der Waals surface area contributed by atoms with Crippen LogP contribution in [0, 0.1) is 11.3 Å². The van der Waals surface area contributed by atoms with E-state index in [-0.39, 0.29) is 5.41 Å². The van der Waals surface area contributed by atoms with Gasteiger partial charge in [0, 0.05) is 6.20 Å². The molecule has 0 fully saturated rings. The second kappa shape index (κ2) is 6.95. The molecule has 4 heteroatoms. The highest BCUT2D eigenvalue weighted by Crippen LogP contribution is 2.30. The highest BCUT2D eigenvalue weighted by Gasteiger charge is 2.18. The summed E-state index contributed by atoms with van der Waals surface area (Å²) in [4.78, 5) is 4.16. The lowest BCUT2D eigenvalue weighted by molar-refractivity contribution is 0.323. The van der Waals surface area contributed by atoms with E-state index in [0.717, 1.165) is 11.6 Å².